The minimum Gasteiger partial charge on any atom is -0.468 e. The minimum absolute atomic E-state index is 0.138. The predicted octanol–water partition coefficient (Wildman–Crippen LogP) is 5.76. The van der Waals surface area contributed by atoms with Crippen molar-refractivity contribution in [3.05, 3.63) is 113 Å². The van der Waals surface area contributed by atoms with E-state index in [9.17, 15) is 18.8 Å². The number of furan rings is 1. The molecule has 8 nitrogen and oxygen atoms in total. The molecule has 5 rings (SSSR count). The molecular weight excluding hydrogens is 571 g/mol. The van der Waals surface area contributed by atoms with Crippen molar-refractivity contribution >= 4 is 23.4 Å². The maximum atomic E-state index is 14.3. The smallest absolute Gasteiger partial charge is 0.251 e. The molecule has 1 atom stereocenters. The maximum absolute atomic E-state index is 14.3. The number of carbonyl (C=O) groups is 3. The third kappa shape index (κ3) is 7.85. The first-order chi connectivity index (χ1) is 21.6. The van der Waals surface area contributed by atoms with Crippen molar-refractivity contribution in [3.63, 3.8) is 0 Å². The average molecular weight is 611 g/mol. The summed E-state index contributed by atoms with van der Waals surface area (Å²) in [4.78, 5) is 41.4. The Labute approximate surface area is 263 Å². The number of halogens is 1. The van der Waals surface area contributed by atoms with Crippen LogP contribution in [-0.2, 0) is 29.1 Å². The summed E-state index contributed by atoms with van der Waals surface area (Å²) in [6.07, 6.45) is 2.55. The summed E-state index contributed by atoms with van der Waals surface area (Å²) in [7, 11) is 0. The highest BCUT2D eigenvalue weighted by atomic mass is 19.1. The number of amides is 3. The number of nitrogens with zero attached hydrogens (tertiary/aromatic N) is 1. The van der Waals surface area contributed by atoms with Crippen LogP contribution in [0.15, 0.2) is 89.5 Å². The summed E-state index contributed by atoms with van der Waals surface area (Å²) < 4.78 is 19.7. The van der Waals surface area contributed by atoms with E-state index in [1.807, 2.05) is 75.4 Å². The van der Waals surface area contributed by atoms with E-state index < -0.39 is 11.6 Å². The molecule has 0 spiro atoms. The first-order valence-electron chi connectivity index (χ1n) is 15.3. The zero-order valence-corrected chi connectivity index (χ0v) is 25.9. The minimum atomic E-state index is -0.767. The number of nitrogens with one attached hydrogen (secondary N) is 3. The molecule has 2 heterocycles. The van der Waals surface area contributed by atoms with Crippen molar-refractivity contribution in [2.24, 2.45) is 0 Å². The quantitative estimate of drug-likeness (QED) is 0.201. The summed E-state index contributed by atoms with van der Waals surface area (Å²) in [5, 5.41) is 9.15. The fourth-order valence-electron chi connectivity index (χ4n) is 5.65. The highest BCUT2D eigenvalue weighted by Crippen LogP contribution is 2.31. The summed E-state index contributed by atoms with van der Waals surface area (Å²) in [5.41, 5.74) is 3.92. The highest BCUT2D eigenvalue weighted by Gasteiger charge is 2.33. The monoisotopic (exact) mass is 610 g/mol. The van der Waals surface area contributed by atoms with E-state index in [2.05, 4.69) is 16.0 Å². The fourth-order valence-corrected chi connectivity index (χ4v) is 5.65. The molecule has 0 saturated heterocycles. The van der Waals surface area contributed by atoms with E-state index in [0.717, 1.165) is 22.5 Å². The second kappa shape index (κ2) is 13.9. The summed E-state index contributed by atoms with van der Waals surface area (Å²) in [5.74, 6) is -0.246. The number of benzene rings is 3. The van der Waals surface area contributed by atoms with Crippen LogP contribution in [0.3, 0.4) is 0 Å². The Balaban J connectivity index is 1.33. The van der Waals surface area contributed by atoms with Gasteiger partial charge in [-0.3, -0.25) is 14.4 Å². The van der Waals surface area contributed by atoms with Crippen molar-refractivity contribution in [1.29, 1.82) is 0 Å². The molecule has 1 aliphatic rings. The normalized spacial score (nSPS) is 14.9. The van der Waals surface area contributed by atoms with E-state index >= 15 is 0 Å². The van der Waals surface area contributed by atoms with E-state index in [0.29, 0.717) is 42.7 Å². The molecule has 0 fully saturated rings. The van der Waals surface area contributed by atoms with Crippen molar-refractivity contribution in [3.8, 4) is 11.1 Å². The van der Waals surface area contributed by atoms with Gasteiger partial charge >= 0.3 is 0 Å². The number of hydrogen-bond donors (Lipinski definition) is 3. The van der Waals surface area contributed by atoms with Gasteiger partial charge in [-0.2, -0.15) is 0 Å². The molecule has 0 bridgehead atoms. The van der Waals surface area contributed by atoms with Gasteiger partial charge in [-0.25, -0.2) is 4.39 Å². The zero-order valence-electron chi connectivity index (χ0n) is 25.9. The molecule has 0 radical (unpaired) electrons. The van der Waals surface area contributed by atoms with Gasteiger partial charge in [0.15, 0.2) is 0 Å². The molecule has 234 valence electrons. The molecule has 0 aliphatic carbocycles. The molecule has 3 aromatic carbocycles. The third-order valence-electron chi connectivity index (χ3n) is 7.97. The van der Waals surface area contributed by atoms with Gasteiger partial charge in [-0.05, 0) is 92.3 Å². The second-order valence-electron chi connectivity index (χ2n) is 12.0. The number of anilines is 1. The topological polar surface area (TPSA) is 104 Å². The summed E-state index contributed by atoms with van der Waals surface area (Å²) >= 11 is 0. The van der Waals surface area contributed by atoms with Crippen LogP contribution < -0.4 is 20.9 Å². The zero-order chi connectivity index (χ0) is 32.0. The Morgan fingerprint density at radius 3 is 2.53 bits per heavy atom. The average Bonchev–Trinajstić information content (AvgIpc) is 3.51. The Kier molecular flexibility index (Phi) is 9.78. The fraction of sp³-hybridized carbons (Fsp3) is 0.306. The molecule has 3 N–H and O–H groups in total. The van der Waals surface area contributed by atoms with Crippen molar-refractivity contribution in [2.75, 3.05) is 11.4 Å². The van der Waals surface area contributed by atoms with Gasteiger partial charge in [0.25, 0.3) is 5.91 Å². The van der Waals surface area contributed by atoms with Crippen LogP contribution in [0.25, 0.3) is 11.1 Å². The first kappa shape index (κ1) is 31.7. The molecule has 45 heavy (non-hydrogen) atoms. The van der Waals surface area contributed by atoms with Crippen LogP contribution >= 0.6 is 0 Å². The number of aryl methyl sites for hydroxylation is 1. The standard InChI is InChI=1S/C36H39FN4O4/c1-4-38-34(43)30-10-6-5-9-29(30)25-13-11-24(12-14-25)23-41-32-18-16-27(37)20-26(32)15-17-31(35(41)44)40-33(42)21-36(2,3)39-22-28-8-7-19-45-28/h5-14,16,18-20,31,39H,4,15,17,21-23H2,1-3H3,(H,38,43)(H,40,42). The third-order valence-corrected chi connectivity index (χ3v) is 7.97. The van der Waals surface area contributed by atoms with Gasteiger partial charge < -0.3 is 25.3 Å². The summed E-state index contributed by atoms with van der Waals surface area (Å²) in [6.45, 7) is 6.97. The van der Waals surface area contributed by atoms with E-state index in [4.69, 9.17) is 4.42 Å². The molecule has 1 aliphatic heterocycles. The van der Waals surface area contributed by atoms with Gasteiger partial charge in [-0.1, -0.05) is 42.5 Å². The molecule has 4 aromatic rings. The Hall–Kier alpha value is -4.76. The molecule has 9 heteroatoms. The number of carbonyl (C=O) groups excluding carboxylic acids is 3. The Morgan fingerprint density at radius 2 is 1.80 bits per heavy atom. The lowest BCUT2D eigenvalue weighted by Gasteiger charge is -2.29. The van der Waals surface area contributed by atoms with Gasteiger partial charge in [0, 0.05) is 29.8 Å². The molecular formula is C36H39FN4O4. The van der Waals surface area contributed by atoms with E-state index in [1.54, 1.807) is 23.3 Å². The Bertz CT molecular complexity index is 1650. The summed E-state index contributed by atoms with van der Waals surface area (Å²) in [6, 6.07) is 22.5. The first-order valence-corrected chi connectivity index (χ1v) is 15.3. The van der Waals surface area contributed by atoms with Crippen LogP contribution in [0.5, 0.6) is 0 Å². The number of hydrogen-bond acceptors (Lipinski definition) is 5. The lowest BCUT2D eigenvalue weighted by Crippen LogP contribution is -2.50. The largest absolute Gasteiger partial charge is 0.468 e. The highest BCUT2D eigenvalue weighted by molar-refractivity contribution is 6.01. The SMILES string of the molecule is CCNC(=O)c1ccccc1-c1ccc(CN2C(=O)C(NC(=O)CC(C)(C)NCc3ccco3)CCc3cc(F)ccc32)cc1. The lowest BCUT2D eigenvalue weighted by atomic mass is 9.98. The van der Waals surface area contributed by atoms with Crippen LogP contribution in [-0.4, -0.2) is 35.8 Å². The van der Waals surface area contributed by atoms with Gasteiger partial charge in [0.2, 0.25) is 11.8 Å². The van der Waals surface area contributed by atoms with Gasteiger partial charge in [0.1, 0.15) is 17.6 Å². The van der Waals surface area contributed by atoms with Gasteiger partial charge in [0.05, 0.1) is 19.4 Å². The molecule has 0 saturated carbocycles. The van der Waals surface area contributed by atoms with Crippen molar-refractivity contribution in [2.45, 2.75) is 64.7 Å². The second-order valence-corrected chi connectivity index (χ2v) is 12.0. The number of rotatable bonds is 11. The predicted molar refractivity (Wildman–Crippen MR) is 172 cm³/mol. The van der Waals surface area contributed by atoms with Crippen LogP contribution in [0.2, 0.25) is 0 Å². The number of fused-ring (bicyclic) bond motifs is 1. The van der Waals surface area contributed by atoms with Gasteiger partial charge in [-0.15, -0.1) is 0 Å². The van der Waals surface area contributed by atoms with Crippen LogP contribution in [0.4, 0.5) is 10.1 Å². The van der Waals surface area contributed by atoms with Crippen LogP contribution in [0.1, 0.15) is 60.9 Å². The molecule has 3 amide bonds. The Morgan fingerprint density at radius 1 is 1.02 bits per heavy atom. The molecule has 1 unspecified atom stereocenters. The lowest BCUT2D eigenvalue weighted by molar-refractivity contribution is -0.128. The maximum Gasteiger partial charge on any atom is 0.251 e. The van der Waals surface area contributed by atoms with E-state index in [1.165, 1.54) is 12.1 Å². The molecule has 1 aromatic heterocycles. The van der Waals surface area contributed by atoms with Crippen LogP contribution in [0, 0.1) is 5.82 Å². The van der Waals surface area contributed by atoms with Crippen molar-refractivity contribution < 1.29 is 23.2 Å². The van der Waals surface area contributed by atoms with E-state index in [-0.39, 0.29) is 36.5 Å². The van der Waals surface area contributed by atoms with Crippen molar-refractivity contribution in [1.82, 2.24) is 16.0 Å².